The molecule has 0 atom stereocenters. The molecule has 1 saturated heterocycles. The standard InChI is InChI=1S/C18H24FN5O/c1-22-10-12-24(13-11-22)17-5-4-15(19)14-16(17)21-18(25)20-6-9-23-7-2-3-8-23/h2-5,7-8,14H,6,9-13H2,1H3,(H2,20,21,25). The van der Waals surface area contributed by atoms with Crippen LogP contribution in [0.2, 0.25) is 0 Å². The Morgan fingerprint density at radius 1 is 1.16 bits per heavy atom. The van der Waals surface area contributed by atoms with Crippen molar-refractivity contribution in [2.24, 2.45) is 0 Å². The van der Waals surface area contributed by atoms with Gasteiger partial charge < -0.3 is 25.0 Å². The van der Waals surface area contributed by atoms with E-state index in [-0.39, 0.29) is 11.8 Å². The van der Waals surface area contributed by atoms with E-state index in [4.69, 9.17) is 0 Å². The second-order valence-electron chi connectivity index (χ2n) is 6.25. The number of urea groups is 1. The van der Waals surface area contributed by atoms with Gasteiger partial charge in [0.05, 0.1) is 11.4 Å². The van der Waals surface area contributed by atoms with Gasteiger partial charge in [0, 0.05) is 51.7 Å². The van der Waals surface area contributed by atoms with Crippen LogP contribution in [0.3, 0.4) is 0 Å². The molecule has 1 aromatic carbocycles. The first-order valence-corrected chi connectivity index (χ1v) is 8.50. The maximum atomic E-state index is 13.7. The quantitative estimate of drug-likeness (QED) is 0.874. The van der Waals surface area contributed by atoms with Gasteiger partial charge in [-0.05, 0) is 37.4 Å². The highest BCUT2D eigenvalue weighted by atomic mass is 19.1. The van der Waals surface area contributed by atoms with E-state index in [1.54, 1.807) is 6.07 Å². The Bertz CT molecular complexity index is 695. The van der Waals surface area contributed by atoms with Gasteiger partial charge in [-0.2, -0.15) is 0 Å². The van der Waals surface area contributed by atoms with E-state index < -0.39 is 0 Å². The van der Waals surface area contributed by atoms with Crippen LogP contribution >= 0.6 is 0 Å². The third-order valence-corrected chi connectivity index (χ3v) is 4.37. The van der Waals surface area contributed by atoms with Crippen molar-refractivity contribution >= 4 is 17.4 Å². The number of nitrogens with zero attached hydrogens (tertiary/aromatic N) is 3. The topological polar surface area (TPSA) is 52.5 Å². The molecule has 2 amide bonds. The molecule has 0 saturated carbocycles. The number of aromatic nitrogens is 1. The normalized spacial score (nSPS) is 15.2. The monoisotopic (exact) mass is 345 g/mol. The molecule has 25 heavy (non-hydrogen) atoms. The highest BCUT2D eigenvalue weighted by Crippen LogP contribution is 2.27. The first-order chi connectivity index (χ1) is 12.1. The Labute approximate surface area is 147 Å². The molecule has 0 bridgehead atoms. The van der Waals surface area contributed by atoms with Crippen LogP contribution in [0.5, 0.6) is 0 Å². The number of anilines is 2. The van der Waals surface area contributed by atoms with Gasteiger partial charge in [-0.15, -0.1) is 0 Å². The summed E-state index contributed by atoms with van der Waals surface area (Å²) >= 11 is 0. The SMILES string of the molecule is CN1CCN(c2ccc(F)cc2NC(=O)NCCn2cccc2)CC1. The van der Waals surface area contributed by atoms with Crippen LogP contribution in [-0.2, 0) is 6.54 Å². The summed E-state index contributed by atoms with van der Waals surface area (Å²) in [5.41, 5.74) is 1.36. The zero-order valence-corrected chi connectivity index (χ0v) is 14.4. The van der Waals surface area contributed by atoms with E-state index in [9.17, 15) is 9.18 Å². The van der Waals surface area contributed by atoms with E-state index in [2.05, 4.69) is 27.5 Å². The molecule has 0 spiro atoms. The van der Waals surface area contributed by atoms with Gasteiger partial charge in [-0.1, -0.05) is 0 Å². The fraction of sp³-hybridized carbons (Fsp3) is 0.389. The molecule has 1 aromatic heterocycles. The van der Waals surface area contributed by atoms with E-state index in [0.717, 1.165) is 31.9 Å². The second kappa shape index (κ2) is 8.02. The molecule has 0 aliphatic carbocycles. The largest absolute Gasteiger partial charge is 0.367 e. The van der Waals surface area contributed by atoms with Crippen molar-refractivity contribution in [3.63, 3.8) is 0 Å². The number of hydrogen-bond donors (Lipinski definition) is 2. The summed E-state index contributed by atoms with van der Waals surface area (Å²) in [5.74, 6) is -0.361. The van der Waals surface area contributed by atoms with Crippen molar-refractivity contribution in [1.29, 1.82) is 0 Å². The third-order valence-electron chi connectivity index (χ3n) is 4.37. The van der Waals surface area contributed by atoms with Crippen LogP contribution in [0.4, 0.5) is 20.6 Å². The lowest BCUT2D eigenvalue weighted by atomic mass is 10.2. The highest BCUT2D eigenvalue weighted by Gasteiger charge is 2.18. The van der Waals surface area contributed by atoms with Gasteiger partial charge >= 0.3 is 6.03 Å². The molecule has 6 nitrogen and oxygen atoms in total. The molecule has 3 rings (SSSR count). The number of carbonyl (C=O) groups is 1. The lowest BCUT2D eigenvalue weighted by Gasteiger charge is -2.35. The summed E-state index contributed by atoms with van der Waals surface area (Å²) in [6.45, 7) is 4.78. The fourth-order valence-corrected chi connectivity index (χ4v) is 2.92. The fourth-order valence-electron chi connectivity index (χ4n) is 2.92. The van der Waals surface area contributed by atoms with Gasteiger partial charge in [-0.3, -0.25) is 0 Å². The van der Waals surface area contributed by atoms with E-state index in [1.165, 1.54) is 12.1 Å². The van der Waals surface area contributed by atoms with Crippen molar-refractivity contribution < 1.29 is 9.18 Å². The Balaban J connectivity index is 1.60. The summed E-state index contributed by atoms with van der Waals surface area (Å²) < 4.78 is 15.6. The van der Waals surface area contributed by atoms with Crippen molar-refractivity contribution in [3.8, 4) is 0 Å². The van der Waals surface area contributed by atoms with Crippen LogP contribution in [0.1, 0.15) is 0 Å². The average molecular weight is 345 g/mol. The number of amides is 2. The predicted molar refractivity (Wildman–Crippen MR) is 97.6 cm³/mol. The summed E-state index contributed by atoms with van der Waals surface area (Å²) in [6, 6.07) is 8.09. The molecule has 1 aliphatic rings. The van der Waals surface area contributed by atoms with Crippen molar-refractivity contribution in [1.82, 2.24) is 14.8 Å². The Hall–Kier alpha value is -2.54. The second-order valence-corrected chi connectivity index (χ2v) is 6.25. The van der Waals surface area contributed by atoms with E-state index in [0.29, 0.717) is 18.8 Å². The summed E-state index contributed by atoms with van der Waals surface area (Å²) in [6.07, 6.45) is 3.88. The zero-order valence-electron chi connectivity index (χ0n) is 14.4. The highest BCUT2D eigenvalue weighted by molar-refractivity contribution is 5.93. The average Bonchev–Trinajstić information content (AvgIpc) is 3.09. The van der Waals surface area contributed by atoms with Crippen molar-refractivity contribution in [2.75, 3.05) is 50.0 Å². The molecular weight excluding hydrogens is 321 g/mol. The van der Waals surface area contributed by atoms with Gasteiger partial charge in [0.25, 0.3) is 0 Å². The molecule has 1 aliphatic heterocycles. The third kappa shape index (κ3) is 4.73. The first kappa shape index (κ1) is 17.3. The van der Waals surface area contributed by atoms with Crippen LogP contribution < -0.4 is 15.5 Å². The van der Waals surface area contributed by atoms with Crippen molar-refractivity contribution in [2.45, 2.75) is 6.54 Å². The minimum absolute atomic E-state index is 0.326. The summed E-state index contributed by atoms with van der Waals surface area (Å²) in [5, 5.41) is 5.59. The molecule has 0 unspecified atom stereocenters. The van der Waals surface area contributed by atoms with E-state index >= 15 is 0 Å². The number of carbonyl (C=O) groups excluding carboxylic acids is 1. The molecule has 2 N–H and O–H groups in total. The lowest BCUT2D eigenvalue weighted by Crippen LogP contribution is -2.45. The number of hydrogen-bond acceptors (Lipinski definition) is 3. The molecule has 134 valence electrons. The van der Waals surface area contributed by atoms with Gasteiger partial charge in [0.15, 0.2) is 0 Å². The Morgan fingerprint density at radius 3 is 2.60 bits per heavy atom. The number of piperazine rings is 1. The molecule has 2 heterocycles. The minimum Gasteiger partial charge on any atom is -0.367 e. The molecule has 1 fully saturated rings. The smallest absolute Gasteiger partial charge is 0.319 e. The van der Waals surface area contributed by atoms with E-state index in [1.807, 2.05) is 29.1 Å². The molecule has 7 heteroatoms. The van der Waals surface area contributed by atoms with Gasteiger partial charge in [0.2, 0.25) is 0 Å². The summed E-state index contributed by atoms with van der Waals surface area (Å²) in [7, 11) is 2.08. The Kier molecular flexibility index (Phi) is 5.55. The Morgan fingerprint density at radius 2 is 1.88 bits per heavy atom. The van der Waals surface area contributed by atoms with Crippen LogP contribution in [-0.4, -0.2) is 55.3 Å². The van der Waals surface area contributed by atoms with Crippen molar-refractivity contribution in [3.05, 3.63) is 48.5 Å². The maximum Gasteiger partial charge on any atom is 0.319 e. The molecular formula is C18H24FN5O. The van der Waals surface area contributed by atoms with Crippen LogP contribution in [0, 0.1) is 5.82 Å². The number of rotatable bonds is 5. The van der Waals surface area contributed by atoms with Crippen LogP contribution in [0.15, 0.2) is 42.7 Å². The first-order valence-electron chi connectivity index (χ1n) is 8.50. The van der Waals surface area contributed by atoms with Gasteiger partial charge in [0.1, 0.15) is 5.82 Å². The number of halogens is 1. The summed E-state index contributed by atoms with van der Waals surface area (Å²) in [4.78, 5) is 16.6. The number of likely N-dealkylation sites (N-methyl/N-ethyl adjacent to an activating group) is 1. The molecule has 2 aromatic rings. The number of benzene rings is 1. The lowest BCUT2D eigenvalue weighted by molar-refractivity contribution is 0.251. The molecule has 0 radical (unpaired) electrons. The minimum atomic E-state index is -0.361. The van der Waals surface area contributed by atoms with Gasteiger partial charge in [-0.25, -0.2) is 9.18 Å². The zero-order chi connectivity index (χ0) is 17.6. The predicted octanol–water partition coefficient (Wildman–Crippen LogP) is 2.20. The number of nitrogens with one attached hydrogen (secondary N) is 2. The van der Waals surface area contributed by atoms with Crippen LogP contribution in [0.25, 0.3) is 0 Å². The maximum absolute atomic E-state index is 13.7.